The van der Waals surface area contributed by atoms with Crippen LogP contribution in [0.15, 0.2) is 36.5 Å². The zero-order valence-corrected chi connectivity index (χ0v) is 20.0. The van der Waals surface area contributed by atoms with E-state index in [9.17, 15) is 0 Å². The van der Waals surface area contributed by atoms with E-state index in [0.29, 0.717) is 10.8 Å². The van der Waals surface area contributed by atoms with Crippen molar-refractivity contribution in [2.45, 2.75) is 71.3 Å². The van der Waals surface area contributed by atoms with E-state index in [-0.39, 0.29) is 0 Å². The van der Waals surface area contributed by atoms with Gasteiger partial charge in [0.1, 0.15) is 0 Å². The highest BCUT2D eigenvalue weighted by molar-refractivity contribution is 5.85. The number of fused-ring (bicyclic) bond motifs is 6. The lowest BCUT2D eigenvalue weighted by Gasteiger charge is -2.61. The molecule has 2 nitrogen and oxygen atoms in total. The van der Waals surface area contributed by atoms with Gasteiger partial charge < -0.3 is 9.88 Å². The van der Waals surface area contributed by atoms with Crippen molar-refractivity contribution in [2.24, 2.45) is 34.5 Å². The topological polar surface area (TPSA) is 19.0 Å². The zero-order valence-electron chi connectivity index (χ0n) is 20.0. The molecule has 0 saturated heterocycles. The van der Waals surface area contributed by atoms with Crippen LogP contribution in [0, 0.1) is 34.5 Å². The maximum Gasteiger partial charge on any atom is 0.0460 e. The number of hydrogen-bond donors (Lipinski definition) is 1. The van der Waals surface area contributed by atoms with Gasteiger partial charge in [-0.25, -0.2) is 0 Å². The van der Waals surface area contributed by atoms with Crippen LogP contribution in [0.2, 0.25) is 0 Å². The van der Waals surface area contributed by atoms with Gasteiger partial charge in [0.15, 0.2) is 0 Å². The first-order valence-electron chi connectivity index (χ1n) is 12.8. The quantitative estimate of drug-likeness (QED) is 0.551. The van der Waals surface area contributed by atoms with Crippen molar-refractivity contribution < 1.29 is 0 Å². The van der Waals surface area contributed by atoms with Crippen LogP contribution in [0.25, 0.3) is 16.5 Å². The number of hydrogen-bond acceptors (Lipinski definition) is 1. The summed E-state index contributed by atoms with van der Waals surface area (Å²) < 4.78 is 0. The molecule has 166 valence electrons. The van der Waals surface area contributed by atoms with E-state index in [1.165, 1.54) is 67.8 Å². The summed E-state index contributed by atoms with van der Waals surface area (Å²) in [6.07, 6.45) is 16.1. The fraction of sp³-hybridized carbons (Fsp3) is 0.655. The molecule has 1 aromatic carbocycles. The molecule has 2 aromatic rings. The second-order valence-corrected chi connectivity index (χ2v) is 12.1. The third kappa shape index (κ3) is 2.86. The molecule has 0 spiro atoms. The number of rotatable bonds is 2. The first-order valence-corrected chi connectivity index (χ1v) is 12.8. The molecule has 0 radical (unpaired) electrons. The monoisotopic (exact) mass is 416 g/mol. The second kappa shape index (κ2) is 6.98. The molecule has 3 saturated carbocycles. The van der Waals surface area contributed by atoms with E-state index in [1.807, 2.05) is 0 Å². The Hall–Kier alpha value is -1.54. The third-order valence-electron chi connectivity index (χ3n) is 10.8. The first-order chi connectivity index (χ1) is 14.9. The Morgan fingerprint density at radius 2 is 1.84 bits per heavy atom. The van der Waals surface area contributed by atoms with Crippen LogP contribution in [-0.4, -0.2) is 30.0 Å². The van der Waals surface area contributed by atoms with Crippen molar-refractivity contribution in [1.82, 2.24) is 9.88 Å². The van der Waals surface area contributed by atoms with E-state index >= 15 is 0 Å². The Morgan fingerprint density at radius 3 is 2.68 bits per heavy atom. The molecule has 0 amide bonds. The number of benzene rings is 1. The van der Waals surface area contributed by atoms with Crippen LogP contribution < -0.4 is 0 Å². The zero-order chi connectivity index (χ0) is 21.4. The number of aromatic nitrogens is 1. The van der Waals surface area contributed by atoms with E-state index in [1.54, 1.807) is 5.57 Å². The van der Waals surface area contributed by atoms with Gasteiger partial charge in [0.2, 0.25) is 0 Å². The van der Waals surface area contributed by atoms with Crippen LogP contribution in [-0.2, 0) is 0 Å². The van der Waals surface area contributed by atoms with E-state index in [2.05, 4.69) is 74.4 Å². The lowest BCUT2D eigenvalue weighted by Crippen LogP contribution is -2.54. The molecule has 3 fully saturated rings. The Bertz CT molecular complexity index is 1010. The van der Waals surface area contributed by atoms with Crippen LogP contribution >= 0.6 is 0 Å². The lowest BCUT2D eigenvalue weighted by atomic mass is 9.44. The average molecular weight is 417 g/mol. The highest BCUT2D eigenvalue weighted by Gasteiger charge is 2.58. The molecule has 2 heteroatoms. The standard InChI is InChI=1S/C29H40N2/c1-28-14-11-22(31(3)4)18-21(28)7-8-23-25-10-9-24(29(25,2)15-12-26(23)28)20-6-5-19-13-16-30-27(19)17-20/h5-6,9,13,16-17,21-23,25-26,30H,7-8,10-12,14-15,18H2,1-4H3/t21-,22+,23-,25-,26-,28-,29+/m0/s1. The maximum atomic E-state index is 3.43. The summed E-state index contributed by atoms with van der Waals surface area (Å²) in [6.45, 7) is 5.31. The minimum Gasteiger partial charge on any atom is -0.361 e. The van der Waals surface area contributed by atoms with Gasteiger partial charge in [0.25, 0.3) is 0 Å². The predicted molar refractivity (Wildman–Crippen MR) is 131 cm³/mol. The van der Waals surface area contributed by atoms with Gasteiger partial charge in [-0.1, -0.05) is 32.1 Å². The molecule has 6 rings (SSSR count). The van der Waals surface area contributed by atoms with Crippen LogP contribution in [0.4, 0.5) is 0 Å². The van der Waals surface area contributed by atoms with Gasteiger partial charge in [0.05, 0.1) is 0 Å². The SMILES string of the molecule is CN(C)[C@@H]1CC[C@@]2(C)[C@@H](CC[C@@H]3[C@@H]2CC[C@]2(C)C(c4ccc5cc[nH]c5c4)=CC[C@@H]32)C1. The van der Waals surface area contributed by atoms with E-state index in [0.717, 1.165) is 29.7 Å². The van der Waals surface area contributed by atoms with Crippen molar-refractivity contribution >= 4 is 16.5 Å². The summed E-state index contributed by atoms with van der Waals surface area (Å²) in [6, 6.07) is 10.1. The van der Waals surface area contributed by atoms with Crippen LogP contribution in [0.3, 0.4) is 0 Å². The largest absolute Gasteiger partial charge is 0.361 e. The summed E-state index contributed by atoms with van der Waals surface area (Å²) in [5, 5.41) is 1.33. The fourth-order valence-corrected chi connectivity index (χ4v) is 8.93. The molecule has 7 atom stereocenters. The number of H-pyrrole nitrogens is 1. The van der Waals surface area contributed by atoms with Gasteiger partial charge in [-0.3, -0.25) is 0 Å². The minimum atomic E-state index is 0.367. The summed E-state index contributed by atoms with van der Waals surface area (Å²) >= 11 is 0. The second-order valence-electron chi connectivity index (χ2n) is 12.1. The van der Waals surface area contributed by atoms with Crippen molar-refractivity contribution in [1.29, 1.82) is 0 Å². The molecule has 4 aliphatic rings. The fourth-order valence-electron chi connectivity index (χ4n) is 8.93. The van der Waals surface area contributed by atoms with Gasteiger partial charge in [-0.15, -0.1) is 0 Å². The molecular weight excluding hydrogens is 376 g/mol. The van der Waals surface area contributed by atoms with Crippen molar-refractivity contribution in [3.05, 3.63) is 42.1 Å². The Morgan fingerprint density at radius 1 is 0.968 bits per heavy atom. The minimum absolute atomic E-state index is 0.367. The Labute approximate surface area is 188 Å². The first kappa shape index (κ1) is 20.1. The van der Waals surface area contributed by atoms with Crippen molar-refractivity contribution in [2.75, 3.05) is 14.1 Å². The molecule has 4 aliphatic carbocycles. The molecule has 0 aliphatic heterocycles. The number of aromatic amines is 1. The molecular formula is C29H40N2. The third-order valence-corrected chi connectivity index (χ3v) is 10.8. The van der Waals surface area contributed by atoms with Gasteiger partial charge in [-0.2, -0.15) is 0 Å². The average Bonchev–Trinajstić information content (AvgIpc) is 3.36. The molecule has 1 N–H and O–H groups in total. The molecule has 31 heavy (non-hydrogen) atoms. The molecule has 0 unspecified atom stereocenters. The normalized spacial score (nSPS) is 42.2. The highest BCUT2D eigenvalue weighted by Crippen LogP contribution is 2.67. The lowest BCUT2D eigenvalue weighted by molar-refractivity contribution is -0.106. The molecule has 1 heterocycles. The summed E-state index contributed by atoms with van der Waals surface area (Å²) in [5.41, 5.74) is 5.35. The molecule has 1 aromatic heterocycles. The summed E-state index contributed by atoms with van der Waals surface area (Å²) in [5.74, 6) is 3.68. The number of nitrogens with one attached hydrogen (secondary N) is 1. The smallest absolute Gasteiger partial charge is 0.0460 e. The molecule has 0 bridgehead atoms. The highest BCUT2D eigenvalue weighted by atomic mass is 15.1. The van der Waals surface area contributed by atoms with E-state index < -0.39 is 0 Å². The van der Waals surface area contributed by atoms with Crippen molar-refractivity contribution in [3.63, 3.8) is 0 Å². The summed E-state index contributed by atoms with van der Waals surface area (Å²) in [7, 11) is 4.59. The Kier molecular flexibility index (Phi) is 4.52. The van der Waals surface area contributed by atoms with Crippen LogP contribution in [0.1, 0.15) is 70.8 Å². The van der Waals surface area contributed by atoms with Gasteiger partial charge >= 0.3 is 0 Å². The Balaban J connectivity index is 1.28. The predicted octanol–water partition coefficient (Wildman–Crippen LogP) is 7.13. The number of allylic oxidation sites excluding steroid dienone is 2. The number of nitrogens with zero attached hydrogens (tertiary/aromatic N) is 1. The van der Waals surface area contributed by atoms with Gasteiger partial charge in [-0.05, 0) is 129 Å². The van der Waals surface area contributed by atoms with Crippen molar-refractivity contribution in [3.8, 4) is 0 Å². The van der Waals surface area contributed by atoms with Crippen LogP contribution in [0.5, 0.6) is 0 Å². The van der Waals surface area contributed by atoms with E-state index in [4.69, 9.17) is 0 Å². The maximum absolute atomic E-state index is 3.43. The van der Waals surface area contributed by atoms with Gasteiger partial charge in [0, 0.05) is 17.8 Å². The summed E-state index contributed by atoms with van der Waals surface area (Å²) in [4.78, 5) is 5.93.